The minimum Gasteiger partial charge on any atom is -0.480 e. The summed E-state index contributed by atoms with van der Waals surface area (Å²) in [7, 11) is 0. The van der Waals surface area contributed by atoms with Gasteiger partial charge >= 0.3 is 18.1 Å². The molecular weight excluding hydrogens is 531 g/mol. The van der Waals surface area contributed by atoms with Gasteiger partial charge in [-0.2, -0.15) is 13.2 Å². The van der Waals surface area contributed by atoms with Gasteiger partial charge in [0.15, 0.2) is 0 Å². The molecule has 1 aliphatic heterocycles. The van der Waals surface area contributed by atoms with E-state index in [4.69, 9.17) is 26.2 Å². The monoisotopic (exact) mass is 555 g/mol. The van der Waals surface area contributed by atoms with Crippen LogP contribution in [-0.4, -0.2) is 70.9 Å². The number of nitrogens with two attached hydrogens (primary N) is 1. The van der Waals surface area contributed by atoms with Crippen LogP contribution in [0.15, 0.2) is 53.4 Å². The van der Waals surface area contributed by atoms with Crippen LogP contribution < -0.4 is 21.3 Å². The molecule has 3 rings (SSSR count). The third kappa shape index (κ3) is 9.08. The minimum absolute atomic E-state index is 0.0298. The van der Waals surface area contributed by atoms with Crippen LogP contribution in [0.2, 0.25) is 0 Å². The zero-order chi connectivity index (χ0) is 28.5. The van der Waals surface area contributed by atoms with Crippen molar-refractivity contribution in [1.29, 1.82) is 5.41 Å². The summed E-state index contributed by atoms with van der Waals surface area (Å²) in [5.74, 6) is -4.17. The number of amides is 2. The Kier molecular flexibility index (Phi) is 10.7. The predicted molar refractivity (Wildman–Crippen MR) is 132 cm³/mol. The molecule has 0 unspecified atom stereocenters. The summed E-state index contributed by atoms with van der Waals surface area (Å²) in [6.45, 7) is -0.271. The molecular formula is C23H24F3N5O6S. The molecule has 1 aliphatic rings. The van der Waals surface area contributed by atoms with Crippen molar-refractivity contribution in [3.63, 3.8) is 0 Å². The number of anilines is 1. The van der Waals surface area contributed by atoms with Crippen molar-refractivity contribution >= 4 is 47.0 Å². The highest BCUT2D eigenvalue weighted by Crippen LogP contribution is 2.34. The predicted octanol–water partition coefficient (Wildman–Crippen LogP) is 1.40. The lowest BCUT2D eigenvalue weighted by Gasteiger charge is -2.25. The second-order valence-electron chi connectivity index (χ2n) is 7.72. The van der Waals surface area contributed by atoms with Crippen LogP contribution in [-0.2, 0) is 25.7 Å². The molecule has 0 spiro atoms. The summed E-state index contributed by atoms with van der Waals surface area (Å²) in [4.78, 5) is 47.7. The number of carbonyl (C=O) groups excluding carboxylic acids is 2. The minimum atomic E-state index is -5.08. The molecule has 15 heteroatoms. The Hall–Kier alpha value is -4.11. The molecule has 0 fully saturated rings. The number of alkyl halides is 3. The van der Waals surface area contributed by atoms with Crippen molar-refractivity contribution in [3.8, 4) is 0 Å². The van der Waals surface area contributed by atoms with Gasteiger partial charge in [-0.3, -0.25) is 25.1 Å². The van der Waals surface area contributed by atoms with E-state index >= 15 is 0 Å². The highest BCUT2D eigenvalue weighted by Gasteiger charge is 2.38. The Morgan fingerprint density at radius 2 is 1.71 bits per heavy atom. The van der Waals surface area contributed by atoms with Gasteiger partial charge < -0.3 is 26.2 Å². The number of fused-ring (bicyclic) bond motifs is 1. The average Bonchev–Trinajstić information content (AvgIpc) is 2.98. The van der Waals surface area contributed by atoms with E-state index in [9.17, 15) is 27.6 Å². The number of nitrogens with zero attached hydrogens (tertiary/aromatic N) is 1. The van der Waals surface area contributed by atoms with Crippen LogP contribution >= 0.6 is 11.8 Å². The molecule has 0 saturated carbocycles. The largest absolute Gasteiger partial charge is 0.490 e. The third-order valence-electron chi connectivity index (χ3n) is 4.92. The smallest absolute Gasteiger partial charge is 0.480 e. The summed E-state index contributed by atoms with van der Waals surface area (Å²) < 4.78 is 31.7. The van der Waals surface area contributed by atoms with Crippen molar-refractivity contribution in [1.82, 2.24) is 10.6 Å². The molecule has 0 radical (unpaired) electrons. The topological polar surface area (TPSA) is 186 Å². The Bertz CT molecular complexity index is 1190. The number of carboxylic acid groups (broad SMARTS) is 2. The first kappa shape index (κ1) is 30.1. The van der Waals surface area contributed by atoms with Crippen LogP contribution in [0.3, 0.4) is 0 Å². The molecule has 11 nitrogen and oxygen atoms in total. The molecule has 7 N–H and O–H groups in total. The molecule has 1 atom stereocenters. The zero-order valence-electron chi connectivity index (χ0n) is 19.6. The van der Waals surface area contributed by atoms with Crippen LogP contribution in [0, 0.1) is 5.41 Å². The summed E-state index contributed by atoms with van der Waals surface area (Å²) in [6, 6.07) is 13.5. The molecule has 2 amide bonds. The molecule has 2 aromatic rings. The van der Waals surface area contributed by atoms with Crippen LogP contribution in [0.25, 0.3) is 0 Å². The molecule has 0 bridgehead atoms. The van der Waals surface area contributed by atoms with Crippen molar-refractivity contribution < 1.29 is 42.6 Å². The number of nitrogen functional groups attached to an aromatic ring is 1. The molecule has 38 heavy (non-hydrogen) atoms. The number of rotatable bonds is 8. The molecule has 204 valence electrons. The van der Waals surface area contributed by atoms with Crippen LogP contribution in [0.5, 0.6) is 0 Å². The second-order valence-corrected chi connectivity index (χ2v) is 8.78. The second kappa shape index (κ2) is 13.4. The number of carboxylic acids is 2. The van der Waals surface area contributed by atoms with Crippen LogP contribution in [0.4, 0.5) is 18.9 Å². The van der Waals surface area contributed by atoms with E-state index in [1.165, 1.54) is 16.7 Å². The Morgan fingerprint density at radius 3 is 2.26 bits per heavy atom. The fourth-order valence-electron chi connectivity index (χ4n) is 3.08. The van der Waals surface area contributed by atoms with Gasteiger partial charge in [0.25, 0.3) is 0 Å². The molecule has 0 aromatic heterocycles. The Balaban J connectivity index is 0.000000638. The van der Waals surface area contributed by atoms with E-state index in [2.05, 4.69) is 10.6 Å². The summed E-state index contributed by atoms with van der Waals surface area (Å²) >= 11 is 1.44. The lowest BCUT2D eigenvalue weighted by atomic mass is 10.1. The van der Waals surface area contributed by atoms with Gasteiger partial charge in [0.1, 0.15) is 12.4 Å². The number of carbonyl (C=O) groups is 4. The van der Waals surface area contributed by atoms with E-state index in [-0.39, 0.29) is 37.3 Å². The third-order valence-corrected chi connectivity index (χ3v) is 6.08. The number of hydrogen-bond donors (Lipinski definition) is 6. The number of halogens is 3. The first-order valence-corrected chi connectivity index (χ1v) is 11.8. The van der Waals surface area contributed by atoms with E-state index in [1.54, 1.807) is 36.4 Å². The fraction of sp³-hybridized carbons (Fsp3) is 0.261. The van der Waals surface area contributed by atoms with Crippen LogP contribution in [0.1, 0.15) is 11.1 Å². The van der Waals surface area contributed by atoms with E-state index < -0.39 is 24.2 Å². The van der Waals surface area contributed by atoms with Crippen molar-refractivity contribution in [2.24, 2.45) is 5.73 Å². The normalized spacial score (nSPS) is 14.9. The average molecular weight is 556 g/mol. The van der Waals surface area contributed by atoms with Gasteiger partial charge in [-0.25, -0.2) is 4.79 Å². The number of hydrogen-bond acceptors (Lipinski definition) is 7. The number of benzene rings is 2. The fourth-order valence-corrected chi connectivity index (χ4v) is 4.18. The van der Waals surface area contributed by atoms with E-state index in [0.29, 0.717) is 17.0 Å². The van der Waals surface area contributed by atoms with E-state index in [1.807, 2.05) is 12.1 Å². The summed E-state index contributed by atoms with van der Waals surface area (Å²) in [5, 5.41) is 29.0. The lowest BCUT2D eigenvalue weighted by Crippen LogP contribution is -2.51. The number of nitrogens with one attached hydrogen (secondary N) is 3. The van der Waals surface area contributed by atoms with Gasteiger partial charge in [-0.15, -0.1) is 11.8 Å². The Labute approximate surface area is 218 Å². The highest BCUT2D eigenvalue weighted by molar-refractivity contribution is 7.99. The number of aliphatic carboxylic acids is 2. The highest BCUT2D eigenvalue weighted by atomic mass is 32.2. The molecule has 0 saturated heterocycles. The number of para-hydroxylation sites is 1. The summed E-state index contributed by atoms with van der Waals surface area (Å²) in [5.41, 5.74) is 7.49. The maximum absolute atomic E-state index is 13.1. The van der Waals surface area contributed by atoms with Crippen molar-refractivity contribution in [3.05, 3.63) is 59.7 Å². The zero-order valence-corrected chi connectivity index (χ0v) is 20.4. The number of amidine groups is 1. The Morgan fingerprint density at radius 1 is 1.11 bits per heavy atom. The molecule has 2 aromatic carbocycles. The van der Waals surface area contributed by atoms with Gasteiger partial charge in [-0.1, -0.05) is 36.4 Å². The first-order valence-electron chi connectivity index (χ1n) is 10.8. The van der Waals surface area contributed by atoms with Gasteiger partial charge in [0, 0.05) is 22.8 Å². The van der Waals surface area contributed by atoms with Crippen molar-refractivity contribution in [2.75, 3.05) is 23.7 Å². The standard InChI is InChI=1S/C21H23N5O4S.C2HF3O2/c22-20(23)14-7-5-13(6-8-14)9-25-18(27)11-26-16-3-1-2-4-17(16)31-12-15(21(26)30)24-10-19(28)29;3-2(4,5)1(6)7/h1-8,15,24H,9-12H2,(H3,22,23)(H,25,27)(H,28,29);(H,6,7)/t15-;/m1./s1. The maximum Gasteiger partial charge on any atom is 0.490 e. The van der Waals surface area contributed by atoms with Gasteiger partial charge in [0.05, 0.1) is 18.3 Å². The van der Waals surface area contributed by atoms with Gasteiger partial charge in [-0.05, 0) is 17.7 Å². The summed E-state index contributed by atoms with van der Waals surface area (Å²) in [6.07, 6.45) is -5.08. The van der Waals surface area contributed by atoms with Crippen molar-refractivity contribution in [2.45, 2.75) is 23.7 Å². The first-order chi connectivity index (χ1) is 17.8. The SMILES string of the molecule is N=C(N)c1ccc(CNC(=O)CN2C(=O)[C@H](NCC(=O)O)CSc3ccccc32)cc1.O=C(O)C(F)(F)F. The lowest BCUT2D eigenvalue weighted by molar-refractivity contribution is -0.192. The molecule has 1 heterocycles. The van der Waals surface area contributed by atoms with E-state index in [0.717, 1.165) is 10.5 Å². The molecule has 0 aliphatic carbocycles. The quantitative estimate of drug-likeness (QED) is 0.207. The maximum atomic E-state index is 13.1. The number of thioether (sulfide) groups is 1. The van der Waals surface area contributed by atoms with Gasteiger partial charge in [0.2, 0.25) is 11.8 Å².